The molecule has 17 heavy (non-hydrogen) atoms. The molecule has 0 bridgehead atoms. The Kier molecular flexibility index (Phi) is 2.53. The number of aliphatic hydroxyl groups is 1. The van der Waals surface area contributed by atoms with Crippen LogP contribution < -0.4 is 5.73 Å². The van der Waals surface area contributed by atoms with E-state index in [2.05, 4.69) is 4.57 Å². The van der Waals surface area contributed by atoms with Crippen LogP contribution in [0.4, 0.5) is 5.69 Å². The SMILES string of the molecule is Nc1cccc2c1ccn2[C@@H]1CC[C@@H](CO)O1. The molecule has 1 aromatic heterocycles. The number of fused-ring (bicyclic) bond motifs is 1. The second-order valence-corrected chi connectivity index (χ2v) is 4.48. The number of aliphatic hydroxyl groups excluding tert-OH is 1. The van der Waals surface area contributed by atoms with Gasteiger partial charge in [-0.2, -0.15) is 0 Å². The summed E-state index contributed by atoms with van der Waals surface area (Å²) in [6.45, 7) is 0.0951. The quantitative estimate of drug-likeness (QED) is 0.777. The summed E-state index contributed by atoms with van der Waals surface area (Å²) in [5.41, 5.74) is 7.81. The minimum Gasteiger partial charge on any atom is -0.398 e. The van der Waals surface area contributed by atoms with E-state index in [9.17, 15) is 0 Å². The lowest BCUT2D eigenvalue weighted by Gasteiger charge is -2.15. The van der Waals surface area contributed by atoms with Gasteiger partial charge in [-0.3, -0.25) is 0 Å². The molecule has 3 rings (SSSR count). The maximum atomic E-state index is 9.08. The van der Waals surface area contributed by atoms with Crippen molar-refractivity contribution in [2.24, 2.45) is 0 Å². The average Bonchev–Trinajstić information content (AvgIpc) is 2.94. The highest BCUT2D eigenvalue weighted by Gasteiger charge is 2.26. The van der Waals surface area contributed by atoms with Gasteiger partial charge in [-0.25, -0.2) is 0 Å². The van der Waals surface area contributed by atoms with Crippen molar-refractivity contribution in [3.63, 3.8) is 0 Å². The lowest BCUT2D eigenvalue weighted by molar-refractivity contribution is -0.0202. The van der Waals surface area contributed by atoms with E-state index in [1.54, 1.807) is 0 Å². The monoisotopic (exact) mass is 232 g/mol. The molecule has 3 N–H and O–H groups in total. The summed E-state index contributed by atoms with van der Waals surface area (Å²) in [7, 11) is 0. The van der Waals surface area contributed by atoms with Gasteiger partial charge < -0.3 is 20.1 Å². The van der Waals surface area contributed by atoms with Crippen LogP contribution in [0, 0.1) is 0 Å². The average molecular weight is 232 g/mol. The van der Waals surface area contributed by atoms with Crippen molar-refractivity contribution in [3.8, 4) is 0 Å². The van der Waals surface area contributed by atoms with Gasteiger partial charge in [0.05, 0.1) is 18.2 Å². The predicted molar refractivity (Wildman–Crippen MR) is 66.6 cm³/mol. The predicted octanol–water partition coefficient (Wildman–Crippen LogP) is 1.89. The number of anilines is 1. The number of aromatic nitrogens is 1. The zero-order valence-corrected chi connectivity index (χ0v) is 9.54. The van der Waals surface area contributed by atoms with Crippen LogP contribution in [0.5, 0.6) is 0 Å². The van der Waals surface area contributed by atoms with Crippen LogP contribution in [0.1, 0.15) is 19.1 Å². The summed E-state index contributed by atoms with van der Waals surface area (Å²) in [5, 5.41) is 10.1. The number of hydrogen-bond donors (Lipinski definition) is 2. The second kappa shape index (κ2) is 4.05. The van der Waals surface area contributed by atoms with E-state index < -0.39 is 0 Å². The molecule has 4 nitrogen and oxygen atoms in total. The minimum absolute atomic E-state index is 0.0199. The Morgan fingerprint density at radius 1 is 1.35 bits per heavy atom. The summed E-state index contributed by atoms with van der Waals surface area (Å²) in [4.78, 5) is 0. The van der Waals surface area contributed by atoms with Gasteiger partial charge in [-0.05, 0) is 31.0 Å². The molecule has 0 spiro atoms. The smallest absolute Gasteiger partial charge is 0.134 e. The third-order valence-corrected chi connectivity index (χ3v) is 3.40. The number of ether oxygens (including phenoxy) is 1. The first kappa shape index (κ1) is 10.6. The number of nitrogens with two attached hydrogens (primary N) is 1. The fraction of sp³-hybridized carbons (Fsp3) is 0.385. The van der Waals surface area contributed by atoms with E-state index in [0.29, 0.717) is 0 Å². The molecular formula is C13H16N2O2. The Hall–Kier alpha value is -1.52. The third-order valence-electron chi connectivity index (χ3n) is 3.40. The van der Waals surface area contributed by atoms with Gasteiger partial charge in [0.1, 0.15) is 6.23 Å². The van der Waals surface area contributed by atoms with E-state index in [-0.39, 0.29) is 18.9 Å². The zero-order chi connectivity index (χ0) is 11.8. The molecule has 2 aromatic rings. The number of rotatable bonds is 2. The summed E-state index contributed by atoms with van der Waals surface area (Å²) in [6.07, 6.45) is 3.84. The molecule has 2 atom stereocenters. The van der Waals surface area contributed by atoms with E-state index >= 15 is 0 Å². The van der Waals surface area contributed by atoms with Crippen LogP contribution in [-0.4, -0.2) is 22.4 Å². The molecule has 1 aliphatic rings. The first-order chi connectivity index (χ1) is 8.29. The normalized spacial score (nSPS) is 24.5. The number of hydrogen-bond acceptors (Lipinski definition) is 3. The third kappa shape index (κ3) is 1.69. The molecule has 1 saturated heterocycles. The summed E-state index contributed by atoms with van der Waals surface area (Å²) < 4.78 is 7.87. The van der Waals surface area contributed by atoms with Crippen LogP contribution in [0.3, 0.4) is 0 Å². The maximum Gasteiger partial charge on any atom is 0.134 e. The standard InChI is InChI=1S/C13H16N2O2/c14-11-2-1-3-12-10(11)6-7-15(12)13-5-4-9(8-16)17-13/h1-3,6-7,9,13,16H,4-5,8,14H2/t9-,13-/m0/s1. The van der Waals surface area contributed by atoms with Crippen molar-refractivity contribution >= 4 is 16.6 Å². The van der Waals surface area contributed by atoms with Crippen LogP contribution in [0.25, 0.3) is 10.9 Å². The molecule has 0 amide bonds. The molecule has 1 fully saturated rings. The molecule has 1 aromatic carbocycles. The minimum atomic E-state index is -0.0292. The van der Waals surface area contributed by atoms with Gasteiger partial charge in [-0.15, -0.1) is 0 Å². The van der Waals surface area contributed by atoms with Crippen molar-refractivity contribution in [1.29, 1.82) is 0 Å². The lowest BCUT2D eigenvalue weighted by atomic mass is 10.2. The molecule has 0 radical (unpaired) electrons. The molecular weight excluding hydrogens is 216 g/mol. The van der Waals surface area contributed by atoms with Crippen molar-refractivity contribution in [2.75, 3.05) is 12.3 Å². The largest absolute Gasteiger partial charge is 0.398 e. The lowest BCUT2D eigenvalue weighted by Crippen LogP contribution is -2.13. The molecule has 0 saturated carbocycles. The Morgan fingerprint density at radius 2 is 2.24 bits per heavy atom. The first-order valence-electron chi connectivity index (χ1n) is 5.91. The van der Waals surface area contributed by atoms with E-state index in [0.717, 1.165) is 29.4 Å². The molecule has 1 aliphatic heterocycles. The summed E-state index contributed by atoms with van der Waals surface area (Å²) in [6, 6.07) is 7.91. The van der Waals surface area contributed by atoms with Crippen LogP contribution in [-0.2, 0) is 4.74 Å². The van der Waals surface area contributed by atoms with Gasteiger partial charge in [0, 0.05) is 17.3 Å². The summed E-state index contributed by atoms with van der Waals surface area (Å²) in [5.74, 6) is 0. The van der Waals surface area contributed by atoms with Gasteiger partial charge >= 0.3 is 0 Å². The second-order valence-electron chi connectivity index (χ2n) is 4.48. The summed E-state index contributed by atoms with van der Waals surface area (Å²) >= 11 is 0. The highest BCUT2D eigenvalue weighted by molar-refractivity contribution is 5.91. The molecule has 4 heteroatoms. The van der Waals surface area contributed by atoms with Crippen molar-refractivity contribution in [2.45, 2.75) is 25.2 Å². The molecule has 90 valence electrons. The van der Waals surface area contributed by atoms with Crippen LogP contribution in [0.15, 0.2) is 30.5 Å². The maximum absolute atomic E-state index is 9.08. The van der Waals surface area contributed by atoms with Gasteiger partial charge in [-0.1, -0.05) is 6.07 Å². The molecule has 2 heterocycles. The topological polar surface area (TPSA) is 60.4 Å². The molecule has 0 aliphatic carbocycles. The highest BCUT2D eigenvalue weighted by atomic mass is 16.5. The van der Waals surface area contributed by atoms with Crippen molar-refractivity contribution in [1.82, 2.24) is 4.57 Å². The van der Waals surface area contributed by atoms with Crippen molar-refractivity contribution in [3.05, 3.63) is 30.5 Å². The van der Waals surface area contributed by atoms with Crippen LogP contribution >= 0.6 is 0 Å². The Labute approximate surface area is 99.6 Å². The van der Waals surface area contributed by atoms with Gasteiger partial charge in [0.2, 0.25) is 0 Å². The molecule has 0 unspecified atom stereocenters. The highest BCUT2D eigenvalue weighted by Crippen LogP contribution is 2.32. The van der Waals surface area contributed by atoms with Crippen molar-refractivity contribution < 1.29 is 9.84 Å². The number of nitrogens with zero attached hydrogens (tertiary/aromatic N) is 1. The van der Waals surface area contributed by atoms with E-state index in [4.69, 9.17) is 15.6 Å². The zero-order valence-electron chi connectivity index (χ0n) is 9.54. The fourth-order valence-electron chi connectivity index (χ4n) is 2.49. The van der Waals surface area contributed by atoms with E-state index in [1.807, 2.05) is 30.5 Å². The Balaban J connectivity index is 1.99. The Morgan fingerprint density at radius 3 is 3.00 bits per heavy atom. The Bertz CT molecular complexity index is 535. The van der Waals surface area contributed by atoms with Crippen LogP contribution in [0.2, 0.25) is 0 Å². The number of benzene rings is 1. The fourth-order valence-corrected chi connectivity index (χ4v) is 2.49. The van der Waals surface area contributed by atoms with E-state index in [1.165, 1.54) is 0 Å². The number of nitrogen functional groups attached to an aromatic ring is 1. The van der Waals surface area contributed by atoms with Gasteiger partial charge in [0.15, 0.2) is 0 Å². The first-order valence-corrected chi connectivity index (χ1v) is 5.91. The van der Waals surface area contributed by atoms with Gasteiger partial charge in [0.25, 0.3) is 0 Å².